The van der Waals surface area contributed by atoms with Crippen molar-refractivity contribution in [1.82, 2.24) is 10.3 Å². The summed E-state index contributed by atoms with van der Waals surface area (Å²) in [5, 5.41) is 12.5. The first-order valence-corrected chi connectivity index (χ1v) is 13.4. The number of carbonyl (C=O) groups is 2. The third-order valence-corrected chi connectivity index (χ3v) is 6.01. The average molecular weight is 521 g/mol. The van der Waals surface area contributed by atoms with E-state index in [-0.39, 0.29) is 5.91 Å². The molecule has 1 aromatic heterocycles. The van der Waals surface area contributed by atoms with Gasteiger partial charge in [0.2, 0.25) is 0 Å². The third-order valence-electron chi connectivity index (χ3n) is 5.11. The highest BCUT2D eigenvalue weighted by Crippen LogP contribution is 2.28. The van der Waals surface area contributed by atoms with Crippen molar-refractivity contribution in [3.63, 3.8) is 0 Å². The number of aromatic nitrogens is 1. The Labute approximate surface area is 223 Å². The molecule has 2 aromatic carbocycles. The number of aliphatic imine (C=N–C) groups is 2. The van der Waals surface area contributed by atoms with Crippen LogP contribution in [-0.2, 0) is 0 Å². The molecule has 0 fully saturated rings. The molecule has 0 radical (unpaired) electrons. The van der Waals surface area contributed by atoms with E-state index < -0.39 is 0 Å². The Hall–Kier alpha value is -3.72. The minimum absolute atomic E-state index is 0.117. The molecule has 37 heavy (non-hydrogen) atoms. The zero-order valence-electron chi connectivity index (χ0n) is 22.2. The molecule has 4 rings (SSSR count). The second-order valence-corrected chi connectivity index (χ2v) is 8.77. The van der Waals surface area contributed by atoms with Crippen LogP contribution < -0.4 is 16.0 Å². The highest BCUT2D eigenvalue weighted by molar-refractivity contribution is 8.14. The van der Waals surface area contributed by atoms with Gasteiger partial charge in [-0.25, -0.2) is 0 Å². The Morgan fingerprint density at radius 1 is 1.14 bits per heavy atom. The van der Waals surface area contributed by atoms with E-state index in [1.165, 1.54) is 0 Å². The molecule has 0 aliphatic carbocycles. The third kappa shape index (κ3) is 8.71. The number of pyridine rings is 1. The van der Waals surface area contributed by atoms with Crippen molar-refractivity contribution in [3.05, 3.63) is 66.0 Å². The number of hydrogen-bond acceptors (Lipinski definition) is 7. The molecule has 3 aromatic rings. The van der Waals surface area contributed by atoms with Crippen LogP contribution >= 0.6 is 11.8 Å². The molecular formula is C28H36N6O2S. The summed E-state index contributed by atoms with van der Waals surface area (Å²) in [4.78, 5) is 35.5. The van der Waals surface area contributed by atoms with E-state index in [1.54, 1.807) is 31.1 Å². The maximum absolute atomic E-state index is 12.5. The number of benzene rings is 2. The maximum Gasteiger partial charge on any atom is 0.253 e. The quantitative estimate of drug-likeness (QED) is 0.224. The van der Waals surface area contributed by atoms with Gasteiger partial charge < -0.3 is 16.0 Å². The molecule has 196 valence electrons. The zero-order chi connectivity index (χ0) is 27.0. The topological polar surface area (TPSA) is 108 Å². The van der Waals surface area contributed by atoms with Gasteiger partial charge in [0.15, 0.2) is 6.29 Å². The minimum Gasteiger partial charge on any atom is -0.376 e. The number of aldehydes is 1. The molecule has 1 aliphatic rings. The standard InChI is InChI=1S/C16H23N5OS.C10H7NO.C2H6/c1-4-18-14(23-5-2)10-20-16(22)11-7-6-8-12-15(11)21-13(17-3)9-19-12;12-7-10-5-8-3-1-2-4-9(8)6-11-10;1-2/h6-8,19H,4-5,9-10H2,1-3H3,(H,17,21)(H,20,22);1-7H;1-2H3. The smallest absolute Gasteiger partial charge is 0.253 e. The fourth-order valence-electron chi connectivity index (χ4n) is 3.44. The fourth-order valence-corrected chi connectivity index (χ4v) is 4.17. The lowest BCUT2D eigenvalue weighted by atomic mass is 10.1. The number of nitrogens with one attached hydrogen (secondary N) is 3. The van der Waals surface area contributed by atoms with Crippen LogP contribution in [0.4, 0.5) is 11.4 Å². The lowest BCUT2D eigenvalue weighted by Crippen LogP contribution is -2.33. The first kappa shape index (κ1) is 29.5. The molecule has 2 heterocycles. The van der Waals surface area contributed by atoms with E-state index in [9.17, 15) is 9.59 Å². The van der Waals surface area contributed by atoms with Gasteiger partial charge in [-0.3, -0.25) is 24.6 Å². The summed E-state index contributed by atoms with van der Waals surface area (Å²) in [7, 11) is 1.73. The second-order valence-electron chi connectivity index (χ2n) is 7.43. The van der Waals surface area contributed by atoms with Crippen LogP contribution in [0.5, 0.6) is 0 Å². The number of para-hydroxylation sites is 1. The molecule has 3 N–H and O–H groups in total. The number of nitrogens with zero attached hydrogens (tertiary/aromatic N) is 3. The predicted molar refractivity (Wildman–Crippen MR) is 159 cm³/mol. The first-order chi connectivity index (χ1) is 18.1. The van der Waals surface area contributed by atoms with Gasteiger partial charge in [-0.05, 0) is 36.3 Å². The molecule has 8 nitrogen and oxygen atoms in total. The number of thioether (sulfide) groups is 1. The SMILES string of the molecule is CC.CCN=C(CNC(=O)c1cccc2c1NC(=NC)CN2)SCC.O=Cc1cc2ccccc2cn1. The van der Waals surface area contributed by atoms with E-state index >= 15 is 0 Å². The molecule has 0 bridgehead atoms. The number of hydrogen-bond donors (Lipinski definition) is 3. The van der Waals surface area contributed by atoms with E-state index in [4.69, 9.17) is 0 Å². The minimum atomic E-state index is -0.117. The summed E-state index contributed by atoms with van der Waals surface area (Å²) in [5.41, 5.74) is 2.77. The number of amidine groups is 1. The molecule has 1 aliphatic heterocycles. The normalized spacial score (nSPS) is 13.1. The van der Waals surface area contributed by atoms with E-state index in [0.717, 1.165) is 51.6 Å². The van der Waals surface area contributed by atoms with Crippen molar-refractivity contribution in [3.8, 4) is 0 Å². The summed E-state index contributed by atoms with van der Waals surface area (Å²) in [6.07, 6.45) is 2.46. The van der Waals surface area contributed by atoms with Gasteiger partial charge in [0, 0.05) is 25.2 Å². The Morgan fingerprint density at radius 2 is 1.89 bits per heavy atom. The second kappa shape index (κ2) is 16.1. The summed E-state index contributed by atoms with van der Waals surface area (Å²) in [5.74, 6) is 1.64. The summed E-state index contributed by atoms with van der Waals surface area (Å²) < 4.78 is 0. The number of amides is 1. The van der Waals surface area contributed by atoms with Crippen LogP contribution in [0.3, 0.4) is 0 Å². The van der Waals surface area contributed by atoms with Crippen molar-refractivity contribution in [2.45, 2.75) is 27.7 Å². The lowest BCUT2D eigenvalue weighted by Gasteiger charge is -2.23. The van der Waals surface area contributed by atoms with Crippen LogP contribution in [0, 0.1) is 0 Å². The lowest BCUT2D eigenvalue weighted by molar-refractivity contribution is 0.0960. The van der Waals surface area contributed by atoms with Gasteiger partial charge in [0.05, 0.1) is 35.1 Å². The van der Waals surface area contributed by atoms with E-state index in [0.29, 0.717) is 24.3 Å². The number of anilines is 2. The average Bonchev–Trinajstić information content (AvgIpc) is 2.96. The molecule has 0 saturated heterocycles. The van der Waals surface area contributed by atoms with Crippen molar-refractivity contribution in [1.29, 1.82) is 0 Å². The van der Waals surface area contributed by atoms with Crippen molar-refractivity contribution < 1.29 is 9.59 Å². The molecule has 1 amide bonds. The Balaban J connectivity index is 0.000000287. The summed E-state index contributed by atoms with van der Waals surface area (Å²) >= 11 is 1.66. The van der Waals surface area contributed by atoms with Gasteiger partial charge in [0.25, 0.3) is 5.91 Å². The largest absolute Gasteiger partial charge is 0.376 e. The molecular weight excluding hydrogens is 484 g/mol. The van der Waals surface area contributed by atoms with E-state index in [1.807, 2.05) is 63.2 Å². The fraction of sp³-hybridized carbons (Fsp3) is 0.321. The Morgan fingerprint density at radius 3 is 2.57 bits per heavy atom. The van der Waals surface area contributed by atoms with Gasteiger partial charge in [-0.1, -0.05) is 51.1 Å². The van der Waals surface area contributed by atoms with Gasteiger partial charge in [0.1, 0.15) is 11.5 Å². The monoisotopic (exact) mass is 520 g/mol. The first-order valence-electron chi connectivity index (χ1n) is 12.4. The van der Waals surface area contributed by atoms with Gasteiger partial charge in [-0.15, -0.1) is 11.8 Å². The van der Waals surface area contributed by atoms with Gasteiger partial charge >= 0.3 is 0 Å². The van der Waals surface area contributed by atoms with Crippen molar-refractivity contribution >= 4 is 57.0 Å². The maximum atomic E-state index is 12.5. The van der Waals surface area contributed by atoms with Crippen LogP contribution in [-0.4, -0.2) is 60.5 Å². The number of fused-ring (bicyclic) bond motifs is 2. The molecule has 0 atom stereocenters. The highest BCUT2D eigenvalue weighted by atomic mass is 32.2. The van der Waals surface area contributed by atoms with Crippen LogP contribution in [0.25, 0.3) is 10.8 Å². The summed E-state index contributed by atoms with van der Waals surface area (Å²) in [6, 6.07) is 15.2. The Bertz CT molecular complexity index is 1240. The predicted octanol–water partition coefficient (Wildman–Crippen LogP) is 5.53. The highest BCUT2D eigenvalue weighted by Gasteiger charge is 2.19. The van der Waals surface area contributed by atoms with E-state index in [2.05, 4.69) is 37.8 Å². The molecule has 0 saturated carbocycles. The van der Waals surface area contributed by atoms with Crippen molar-refractivity contribution in [2.75, 3.05) is 43.1 Å². The van der Waals surface area contributed by atoms with Crippen LogP contribution in [0.1, 0.15) is 48.5 Å². The van der Waals surface area contributed by atoms with Gasteiger partial charge in [-0.2, -0.15) is 0 Å². The van der Waals surface area contributed by atoms with Crippen LogP contribution in [0.2, 0.25) is 0 Å². The molecule has 9 heteroatoms. The molecule has 0 spiro atoms. The zero-order valence-corrected chi connectivity index (χ0v) is 23.0. The number of rotatable bonds is 6. The Kier molecular flexibility index (Phi) is 12.8. The molecule has 0 unspecified atom stereocenters. The van der Waals surface area contributed by atoms with Crippen LogP contribution in [0.15, 0.2) is 64.7 Å². The summed E-state index contributed by atoms with van der Waals surface area (Å²) in [6.45, 7) is 9.88. The van der Waals surface area contributed by atoms with Crippen molar-refractivity contribution in [2.24, 2.45) is 9.98 Å². The number of carbonyl (C=O) groups excluding carboxylic acids is 2.